The highest BCUT2D eigenvalue weighted by atomic mass is 16.6. The number of carboxylic acids is 1. The van der Waals surface area contributed by atoms with Gasteiger partial charge in [-0.2, -0.15) is 5.26 Å². The van der Waals surface area contributed by atoms with Crippen LogP contribution in [0, 0.1) is 11.3 Å². The maximum Gasteiger partial charge on any atom is 0.421 e. The number of amides is 1. The Morgan fingerprint density at radius 1 is 1.15 bits per heavy atom. The fourth-order valence-corrected chi connectivity index (χ4v) is 4.80. The third-order valence-corrected chi connectivity index (χ3v) is 6.94. The van der Waals surface area contributed by atoms with Gasteiger partial charge >= 0.3 is 12.1 Å². The van der Waals surface area contributed by atoms with Crippen molar-refractivity contribution in [2.45, 2.75) is 70.9 Å². The van der Waals surface area contributed by atoms with Crippen LogP contribution in [-0.2, 0) is 9.53 Å². The number of nitrogens with zero attached hydrogens (tertiary/aromatic N) is 6. The lowest BCUT2D eigenvalue weighted by Gasteiger charge is -2.27. The van der Waals surface area contributed by atoms with E-state index in [1.807, 2.05) is 41.8 Å². The fourth-order valence-electron chi connectivity index (χ4n) is 4.80. The van der Waals surface area contributed by atoms with Gasteiger partial charge in [0.1, 0.15) is 17.2 Å². The third-order valence-electron chi connectivity index (χ3n) is 6.94. The summed E-state index contributed by atoms with van der Waals surface area (Å²) in [6, 6.07) is 14.7. The average Bonchev–Trinajstić information content (AvgIpc) is 3.70. The molecular weight excluding hydrogens is 520 g/mol. The monoisotopic (exact) mass is 552 g/mol. The number of pyridine rings is 2. The van der Waals surface area contributed by atoms with Crippen molar-refractivity contribution >= 4 is 34.7 Å². The largest absolute Gasteiger partial charge is 0.481 e. The van der Waals surface area contributed by atoms with E-state index in [9.17, 15) is 20.0 Å². The molecule has 41 heavy (non-hydrogen) atoms. The summed E-state index contributed by atoms with van der Waals surface area (Å²) >= 11 is 0. The Balaban J connectivity index is 1.61. The molecule has 210 valence electrons. The molecule has 1 aromatic carbocycles. The van der Waals surface area contributed by atoms with Gasteiger partial charge in [0.05, 0.1) is 41.1 Å². The van der Waals surface area contributed by atoms with E-state index in [0.29, 0.717) is 29.4 Å². The number of aliphatic carboxylic acids is 1. The SMILES string of the molecule is CCC(CC(=O)O)n1cnc2cc(-c3cc(C4CC4)cc(N(C(=O)OC(C)(C)C)c4cc(C#N)ccn4)n3)ccc21. The van der Waals surface area contributed by atoms with Crippen LogP contribution in [-0.4, -0.2) is 42.3 Å². The molecule has 1 aliphatic rings. The number of hydrogen-bond donors (Lipinski definition) is 1. The van der Waals surface area contributed by atoms with Crippen LogP contribution in [0.1, 0.15) is 76.5 Å². The minimum atomic E-state index is -0.853. The summed E-state index contributed by atoms with van der Waals surface area (Å²) in [5.74, 6) is 0.0919. The number of nitriles is 1. The zero-order valence-corrected chi connectivity index (χ0v) is 23.5. The van der Waals surface area contributed by atoms with Crippen molar-refractivity contribution < 1.29 is 19.4 Å². The Bertz CT molecular complexity index is 1660. The topological polar surface area (TPSA) is 134 Å². The van der Waals surface area contributed by atoms with E-state index in [1.54, 1.807) is 33.2 Å². The van der Waals surface area contributed by atoms with E-state index in [1.165, 1.54) is 17.2 Å². The summed E-state index contributed by atoms with van der Waals surface area (Å²) in [4.78, 5) is 40.1. The minimum Gasteiger partial charge on any atom is -0.481 e. The normalized spacial score (nSPS) is 13.9. The number of carboxylic acid groups (broad SMARTS) is 1. The van der Waals surface area contributed by atoms with Crippen molar-refractivity contribution in [2.24, 2.45) is 0 Å². The summed E-state index contributed by atoms with van der Waals surface area (Å²) in [5.41, 5.74) is 3.67. The van der Waals surface area contributed by atoms with Gasteiger partial charge in [-0.15, -0.1) is 0 Å². The van der Waals surface area contributed by atoms with Crippen molar-refractivity contribution in [3.8, 4) is 17.3 Å². The van der Waals surface area contributed by atoms with Crippen LogP contribution in [0.2, 0.25) is 0 Å². The lowest BCUT2D eigenvalue weighted by atomic mass is 10.0. The van der Waals surface area contributed by atoms with Gasteiger partial charge in [0.15, 0.2) is 0 Å². The predicted molar refractivity (Wildman–Crippen MR) is 154 cm³/mol. The molecule has 0 saturated heterocycles. The molecule has 1 unspecified atom stereocenters. The standard InChI is InChI=1S/C31H32N6O4/c1-5-23(16-29(38)39)36-18-34-25-13-21(8-9-26(25)36)24-14-22(20-6-7-20)15-28(35-24)37(30(40)41-31(2,3)4)27-12-19(17-32)10-11-33-27/h8-15,18,20,23H,5-7,16H2,1-4H3,(H,38,39). The van der Waals surface area contributed by atoms with Crippen LogP contribution >= 0.6 is 0 Å². The first-order valence-corrected chi connectivity index (χ1v) is 13.7. The van der Waals surface area contributed by atoms with Crippen LogP contribution in [0.3, 0.4) is 0 Å². The Morgan fingerprint density at radius 2 is 1.93 bits per heavy atom. The maximum absolute atomic E-state index is 13.5. The number of aromatic nitrogens is 4. The third kappa shape index (κ3) is 6.19. The molecular formula is C31H32N6O4. The number of rotatable bonds is 8. The minimum absolute atomic E-state index is 0.0135. The number of carbonyl (C=O) groups excluding carboxylic acids is 1. The van der Waals surface area contributed by atoms with Gasteiger partial charge in [0.25, 0.3) is 0 Å². The number of hydrogen-bond acceptors (Lipinski definition) is 7. The van der Waals surface area contributed by atoms with Crippen LogP contribution in [0.5, 0.6) is 0 Å². The summed E-state index contributed by atoms with van der Waals surface area (Å²) < 4.78 is 7.64. The van der Waals surface area contributed by atoms with Crippen molar-refractivity contribution in [2.75, 3.05) is 4.90 Å². The molecule has 1 fully saturated rings. The van der Waals surface area contributed by atoms with Gasteiger partial charge in [-0.3, -0.25) is 4.79 Å². The van der Waals surface area contributed by atoms with Gasteiger partial charge < -0.3 is 14.4 Å². The summed E-state index contributed by atoms with van der Waals surface area (Å²) in [6.07, 6.45) is 5.28. The second kappa shape index (κ2) is 11.0. The molecule has 0 spiro atoms. The first-order chi connectivity index (χ1) is 19.6. The smallest absolute Gasteiger partial charge is 0.421 e. The van der Waals surface area contributed by atoms with E-state index < -0.39 is 17.7 Å². The van der Waals surface area contributed by atoms with Crippen LogP contribution < -0.4 is 4.90 Å². The lowest BCUT2D eigenvalue weighted by Crippen LogP contribution is -2.35. The van der Waals surface area contributed by atoms with E-state index in [-0.39, 0.29) is 18.3 Å². The van der Waals surface area contributed by atoms with E-state index >= 15 is 0 Å². The lowest BCUT2D eigenvalue weighted by molar-refractivity contribution is -0.137. The first-order valence-electron chi connectivity index (χ1n) is 13.7. The molecule has 0 bridgehead atoms. The van der Waals surface area contributed by atoms with E-state index in [4.69, 9.17) is 9.72 Å². The molecule has 10 heteroatoms. The highest BCUT2D eigenvalue weighted by Crippen LogP contribution is 2.43. The van der Waals surface area contributed by atoms with Crippen molar-refractivity contribution in [1.82, 2.24) is 19.5 Å². The van der Waals surface area contributed by atoms with Crippen molar-refractivity contribution in [3.05, 3.63) is 66.1 Å². The van der Waals surface area contributed by atoms with E-state index in [2.05, 4.69) is 16.0 Å². The van der Waals surface area contributed by atoms with Crippen molar-refractivity contribution in [3.63, 3.8) is 0 Å². The summed E-state index contributed by atoms with van der Waals surface area (Å²) in [5, 5.41) is 18.8. The molecule has 1 N–H and O–H groups in total. The molecule has 1 atom stereocenters. The number of benzene rings is 1. The molecule has 1 amide bonds. The average molecular weight is 553 g/mol. The molecule has 0 aliphatic heterocycles. The van der Waals surface area contributed by atoms with E-state index in [0.717, 1.165) is 35.0 Å². The molecule has 0 radical (unpaired) electrons. The van der Waals surface area contributed by atoms with Gasteiger partial charge in [0, 0.05) is 17.8 Å². The van der Waals surface area contributed by atoms with Gasteiger partial charge in [-0.05, 0) is 87.9 Å². The van der Waals surface area contributed by atoms with Crippen LogP contribution in [0.4, 0.5) is 16.4 Å². The second-order valence-electron chi connectivity index (χ2n) is 11.3. The molecule has 1 saturated carbocycles. The maximum atomic E-state index is 13.5. The molecule has 3 heterocycles. The number of anilines is 2. The molecule has 4 aromatic rings. The Kier molecular flexibility index (Phi) is 7.45. The number of imidazole rings is 1. The highest BCUT2D eigenvalue weighted by Gasteiger charge is 2.31. The van der Waals surface area contributed by atoms with Crippen molar-refractivity contribution in [1.29, 1.82) is 5.26 Å². The molecule has 1 aliphatic carbocycles. The quantitative estimate of drug-likeness (QED) is 0.254. The molecule has 3 aromatic heterocycles. The highest BCUT2D eigenvalue weighted by molar-refractivity contribution is 5.95. The van der Waals surface area contributed by atoms with Crippen LogP contribution in [0.25, 0.3) is 22.3 Å². The Morgan fingerprint density at radius 3 is 2.59 bits per heavy atom. The number of ether oxygens (including phenoxy) is 1. The zero-order chi connectivity index (χ0) is 29.3. The molecule has 10 nitrogen and oxygen atoms in total. The number of carbonyl (C=O) groups is 2. The van der Waals surface area contributed by atoms with Gasteiger partial charge in [-0.25, -0.2) is 24.6 Å². The Hall–Kier alpha value is -4.78. The van der Waals surface area contributed by atoms with Gasteiger partial charge in [-0.1, -0.05) is 13.0 Å². The predicted octanol–water partition coefficient (Wildman–Crippen LogP) is 6.74. The first kappa shape index (κ1) is 27.8. The van der Waals surface area contributed by atoms with Gasteiger partial charge in [0.2, 0.25) is 0 Å². The second-order valence-corrected chi connectivity index (χ2v) is 11.3. The number of fused-ring (bicyclic) bond motifs is 1. The zero-order valence-electron chi connectivity index (χ0n) is 23.5. The summed E-state index contributed by atoms with van der Waals surface area (Å²) in [6.45, 7) is 7.32. The summed E-state index contributed by atoms with van der Waals surface area (Å²) in [7, 11) is 0. The van der Waals surface area contributed by atoms with Crippen LogP contribution in [0.15, 0.2) is 55.0 Å². The Labute approximate surface area is 238 Å². The fraction of sp³-hybridized carbons (Fsp3) is 0.355. The molecule has 5 rings (SSSR count).